The molecule has 3 rings (SSSR count). The van der Waals surface area contributed by atoms with Crippen molar-refractivity contribution in [3.05, 3.63) is 12.1 Å². The minimum Gasteiger partial charge on any atom is -0.315 e. The average molecular weight is 340 g/mol. The Kier molecular flexibility index (Phi) is 5.42. The SMILES string of the molecule is Cl.O=[SH](=O)N(NC1CCCNC1)c1cnn(C2CC2)c1F. The number of aromatic nitrogens is 2. The Morgan fingerprint density at radius 2 is 2.19 bits per heavy atom. The van der Waals surface area contributed by atoms with Crippen LogP contribution in [0.15, 0.2) is 6.20 Å². The van der Waals surface area contributed by atoms with Crippen molar-refractivity contribution in [3.8, 4) is 0 Å². The summed E-state index contributed by atoms with van der Waals surface area (Å²) in [7, 11) is -2.97. The van der Waals surface area contributed by atoms with E-state index in [1.54, 1.807) is 0 Å². The van der Waals surface area contributed by atoms with Crippen LogP contribution in [0.2, 0.25) is 0 Å². The summed E-state index contributed by atoms with van der Waals surface area (Å²) in [6.07, 6.45) is 4.86. The van der Waals surface area contributed by atoms with Gasteiger partial charge in [0.05, 0.1) is 12.2 Å². The van der Waals surface area contributed by atoms with Gasteiger partial charge < -0.3 is 5.32 Å². The molecule has 2 N–H and O–H groups in total. The number of hydrogen-bond donors (Lipinski definition) is 3. The molecule has 21 heavy (non-hydrogen) atoms. The number of nitrogens with one attached hydrogen (secondary N) is 2. The first-order valence-corrected chi connectivity index (χ1v) is 7.94. The molecule has 2 fully saturated rings. The topological polar surface area (TPSA) is 79.3 Å². The molecule has 0 spiro atoms. The van der Waals surface area contributed by atoms with Crippen LogP contribution >= 0.6 is 12.4 Å². The van der Waals surface area contributed by atoms with Crippen LogP contribution in [0.1, 0.15) is 31.7 Å². The zero-order valence-electron chi connectivity index (χ0n) is 11.4. The first kappa shape index (κ1) is 16.5. The molecule has 1 atom stereocenters. The maximum absolute atomic E-state index is 14.2. The predicted octanol–water partition coefficient (Wildman–Crippen LogP) is 0.368. The molecular weight excluding hydrogens is 321 g/mol. The molecule has 2 heterocycles. The normalized spacial score (nSPS) is 22.1. The molecule has 1 aromatic heterocycles. The molecule has 0 amide bonds. The van der Waals surface area contributed by atoms with E-state index in [1.807, 2.05) is 0 Å². The van der Waals surface area contributed by atoms with Gasteiger partial charge in [-0.25, -0.2) is 18.5 Å². The fraction of sp³-hybridized carbons (Fsp3) is 0.727. The van der Waals surface area contributed by atoms with Crippen LogP contribution in [0.5, 0.6) is 0 Å². The number of nitrogens with zero attached hydrogens (tertiary/aromatic N) is 3. The monoisotopic (exact) mass is 339 g/mol. The number of anilines is 1. The zero-order valence-corrected chi connectivity index (χ0v) is 13.1. The highest BCUT2D eigenvalue weighted by atomic mass is 35.5. The molecule has 1 aliphatic carbocycles. The van der Waals surface area contributed by atoms with E-state index >= 15 is 0 Å². The van der Waals surface area contributed by atoms with Crippen molar-refractivity contribution in [2.45, 2.75) is 37.8 Å². The highest BCUT2D eigenvalue weighted by molar-refractivity contribution is 7.73. The van der Waals surface area contributed by atoms with Crippen LogP contribution in [0.4, 0.5) is 10.1 Å². The fourth-order valence-electron chi connectivity index (χ4n) is 2.39. The highest BCUT2D eigenvalue weighted by Gasteiger charge is 2.30. The Labute approximate surface area is 130 Å². The van der Waals surface area contributed by atoms with Crippen molar-refractivity contribution >= 4 is 29.0 Å². The first-order chi connectivity index (χ1) is 9.66. The van der Waals surface area contributed by atoms with Gasteiger partial charge in [0.2, 0.25) is 16.8 Å². The van der Waals surface area contributed by atoms with Crippen molar-refractivity contribution in [3.63, 3.8) is 0 Å². The van der Waals surface area contributed by atoms with E-state index in [-0.39, 0.29) is 30.2 Å². The third-order valence-corrected chi connectivity index (χ3v) is 4.26. The van der Waals surface area contributed by atoms with E-state index in [1.165, 1.54) is 10.9 Å². The highest BCUT2D eigenvalue weighted by Crippen LogP contribution is 2.36. The third-order valence-electron chi connectivity index (χ3n) is 3.60. The van der Waals surface area contributed by atoms with E-state index in [2.05, 4.69) is 15.8 Å². The number of halogens is 2. The molecule has 7 nitrogen and oxygen atoms in total. The van der Waals surface area contributed by atoms with Crippen LogP contribution in [0.3, 0.4) is 0 Å². The lowest BCUT2D eigenvalue weighted by molar-refractivity contribution is 0.393. The van der Waals surface area contributed by atoms with Crippen molar-refractivity contribution in [2.75, 3.05) is 17.5 Å². The van der Waals surface area contributed by atoms with Crippen molar-refractivity contribution in [1.29, 1.82) is 0 Å². The summed E-state index contributed by atoms with van der Waals surface area (Å²) >= 11 is 0. The van der Waals surface area contributed by atoms with Crippen LogP contribution in [-0.4, -0.2) is 37.3 Å². The lowest BCUT2D eigenvalue weighted by Gasteiger charge is -2.28. The summed E-state index contributed by atoms with van der Waals surface area (Å²) in [5, 5.41) is 7.13. The van der Waals surface area contributed by atoms with Gasteiger partial charge in [-0.05, 0) is 32.2 Å². The van der Waals surface area contributed by atoms with E-state index in [0.29, 0.717) is 6.54 Å². The van der Waals surface area contributed by atoms with Gasteiger partial charge in [0, 0.05) is 12.6 Å². The van der Waals surface area contributed by atoms with Gasteiger partial charge in [0.15, 0.2) is 0 Å². The molecule has 1 unspecified atom stereocenters. The average Bonchev–Trinajstić information content (AvgIpc) is 3.21. The summed E-state index contributed by atoms with van der Waals surface area (Å²) in [5.74, 6) is -0.594. The van der Waals surface area contributed by atoms with Gasteiger partial charge in [-0.3, -0.25) is 0 Å². The van der Waals surface area contributed by atoms with E-state index < -0.39 is 16.8 Å². The molecular formula is C11H19ClFN5O2S. The Balaban J connectivity index is 0.00000161. The molecule has 1 saturated carbocycles. The maximum Gasteiger partial charge on any atom is 0.238 e. The fourth-order valence-corrected chi connectivity index (χ4v) is 2.96. The maximum atomic E-state index is 14.2. The van der Waals surface area contributed by atoms with E-state index in [4.69, 9.17) is 0 Å². The van der Waals surface area contributed by atoms with Crippen molar-refractivity contribution in [2.24, 2.45) is 0 Å². The minimum atomic E-state index is -2.97. The predicted molar refractivity (Wildman–Crippen MR) is 79.5 cm³/mol. The standard InChI is InChI=1S/C11H18FN5O2S.ClH/c12-11-10(7-14-16(11)9-3-4-9)17(20(18)19)15-8-2-1-5-13-6-8;/h7-9,13,15,20H,1-6H2;1H. The first-order valence-electron chi connectivity index (χ1n) is 6.81. The van der Waals surface area contributed by atoms with Gasteiger partial charge in [-0.2, -0.15) is 13.9 Å². The molecule has 0 radical (unpaired) electrons. The second kappa shape index (κ2) is 6.91. The van der Waals surface area contributed by atoms with E-state index in [9.17, 15) is 12.8 Å². The Bertz CT molecular complexity index is 549. The second-order valence-electron chi connectivity index (χ2n) is 5.22. The molecule has 120 valence electrons. The largest absolute Gasteiger partial charge is 0.315 e. The molecule has 1 aliphatic heterocycles. The quantitative estimate of drug-likeness (QED) is 0.533. The van der Waals surface area contributed by atoms with Crippen LogP contribution in [-0.2, 0) is 10.9 Å². The van der Waals surface area contributed by atoms with Gasteiger partial charge in [-0.1, -0.05) is 0 Å². The van der Waals surface area contributed by atoms with Gasteiger partial charge >= 0.3 is 0 Å². The van der Waals surface area contributed by atoms with Gasteiger partial charge in [0.1, 0.15) is 5.69 Å². The summed E-state index contributed by atoms with van der Waals surface area (Å²) in [4.78, 5) is 0. The lowest BCUT2D eigenvalue weighted by atomic mass is 10.1. The third kappa shape index (κ3) is 3.65. The van der Waals surface area contributed by atoms with Crippen molar-refractivity contribution in [1.82, 2.24) is 20.5 Å². The smallest absolute Gasteiger partial charge is 0.238 e. The molecule has 1 aromatic rings. The number of hydrazine groups is 1. The van der Waals surface area contributed by atoms with E-state index in [0.717, 1.165) is 36.6 Å². The Hall–Kier alpha value is -0.900. The Morgan fingerprint density at radius 3 is 2.76 bits per heavy atom. The molecule has 2 aliphatic rings. The van der Waals surface area contributed by atoms with Crippen LogP contribution in [0, 0.1) is 5.95 Å². The Morgan fingerprint density at radius 1 is 1.43 bits per heavy atom. The number of rotatable bonds is 5. The van der Waals surface area contributed by atoms with Crippen LogP contribution < -0.4 is 15.2 Å². The molecule has 10 heteroatoms. The van der Waals surface area contributed by atoms with Crippen molar-refractivity contribution < 1.29 is 12.8 Å². The number of hydrogen-bond acceptors (Lipinski definition) is 5. The summed E-state index contributed by atoms with van der Waals surface area (Å²) in [6.45, 7) is 1.59. The van der Waals surface area contributed by atoms with Crippen LogP contribution in [0.25, 0.3) is 0 Å². The second-order valence-corrected chi connectivity index (χ2v) is 6.09. The molecule has 0 bridgehead atoms. The molecule has 0 aromatic carbocycles. The summed E-state index contributed by atoms with van der Waals surface area (Å²) in [5.41, 5.74) is 2.84. The van der Waals surface area contributed by atoms with Gasteiger partial charge in [0.25, 0.3) is 0 Å². The summed E-state index contributed by atoms with van der Waals surface area (Å²) < 4.78 is 39.2. The minimum absolute atomic E-state index is 0. The number of thiol groups is 1. The molecule has 1 saturated heterocycles. The number of piperidine rings is 1. The van der Waals surface area contributed by atoms with Gasteiger partial charge in [-0.15, -0.1) is 12.4 Å². The lowest BCUT2D eigenvalue weighted by Crippen LogP contribution is -2.51. The summed E-state index contributed by atoms with van der Waals surface area (Å²) in [6, 6.07) is 0.0480. The zero-order chi connectivity index (χ0) is 14.1.